The highest BCUT2D eigenvalue weighted by atomic mass is 16.2. The molecule has 1 aromatic carbocycles. The van der Waals surface area contributed by atoms with E-state index in [1.165, 1.54) is 19.3 Å². The molecule has 1 aliphatic carbocycles. The topological polar surface area (TPSA) is 62.0 Å². The van der Waals surface area contributed by atoms with Gasteiger partial charge in [-0.3, -0.25) is 9.59 Å². The predicted octanol–water partition coefficient (Wildman–Crippen LogP) is 3.89. The normalized spacial score (nSPS) is 16.7. The van der Waals surface area contributed by atoms with E-state index in [1.807, 2.05) is 31.2 Å². The number of carbonyl (C=O) groups is 2. The number of amides is 1. The fourth-order valence-electron chi connectivity index (χ4n) is 3.53. The Morgan fingerprint density at radius 3 is 2.43 bits per heavy atom. The minimum absolute atomic E-state index is 0.136. The van der Waals surface area contributed by atoms with E-state index in [2.05, 4.69) is 10.3 Å². The Morgan fingerprint density at radius 1 is 1.04 bits per heavy atom. The summed E-state index contributed by atoms with van der Waals surface area (Å²) in [5, 5.41) is 3.79. The molecular formula is C19H24N2O2. The Labute approximate surface area is 136 Å². The van der Waals surface area contributed by atoms with Gasteiger partial charge >= 0.3 is 0 Å². The van der Waals surface area contributed by atoms with Crippen LogP contribution in [0.4, 0.5) is 0 Å². The number of hydrogen-bond donors (Lipinski definition) is 2. The molecule has 122 valence electrons. The van der Waals surface area contributed by atoms with Gasteiger partial charge in [0.1, 0.15) is 0 Å². The van der Waals surface area contributed by atoms with Gasteiger partial charge in [0.15, 0.2) is 0 Å². The van der Waals surface area contributed by atoms with Gasteiger partial charge in [-0.25, -0.2) is 0 Å². The van der Waals surface area contributed by atoms with E-state index in [9.17, 15) is 9.59 Å². The van der Waals surface area contributed by atoms with Crippen LogP contribution in [-0.2, 0) is 4.79 Å². The van der Waals surface area contributed by atoms with Crippen LogP contribution in [0.15, 0.2) is 24.3 Å². The van der Waals surface area contributed by atoms with E-state index < -0.39 is 11.7 Å². The summed E-state index contributed by atoms with van der Waals surface area (Å²) in [7, 11) is 0. The zero-order valence-corrected chi connectivity index (χ0v) is 13.7. The van der Waals surface area contributed by atoms with E-state index in [0.717, 1.165) is 42.3 Å². The van der Waals surface area contributed by atoms with Crippen LogP contribution in [0.5, 0.6) is 0 Å². The summed E-state index contributed by atoms with van der Waals surface area (Å²) < 4.78 is 0. The van der Waals surface area contributed by atoms with Crippen LogP contribution in [0.25, 0.3) is 10.9 Å². The Morgan fingerprint density at radius 2 is 1.70 bits per heavy atom. The third-order valence-electron chi connectivity index (χ3n) is 4.77. The quantitative estimate of drug-likeness (QED) is 0.667. The molecule has 1 saturated carbocycles. The number of H-pyrrole nitrogens is 1. The summed E-state index contributed by atoms with van der Waals surface area (Å²) in [6, 6.07) is 7.75. The lowest BCUT2D eigenvalue weighted by Gasteiger charge is -2.20. The molecule has 0 atom stereocenters. The van der Waals surface area contributed by atoms with Crippen LogP contribution in [-0.4, -0.2) is 22.7 Å². The van der Waals surface area contributed by atoms with E-state index in [4.69, 9.17) is 0 Å². The molecule has 1 heterocycles. The zero-order valence-electron chi connectivity index (χ0n) is 13.7. The summed E-state index contributed by atoms with van der Waals surface area (Å²) in [6.45, 7) is 1.84. The number of fused-ring (bicyclic) bond motifs is 1. The van der Waals surface area contributed by atoms with E-state index in [1.54, 1.807) is 0 Å². The number of Topliss-reactive ketones (excluding diaryl/α,β-unsaturated/α-hetero) is 1. The highest BCUT2D eigenvalue weighted by Crippen LogP contribution is 2.23. The third kappa shape index (κ3) is 3.46. The third-order valence-corrected chi connectivity index (χ3v) is 4.77. The molecule has 0 radical (unpaired) electrons. The van der Waals surface area contributed by atoms with Gasteiger partial charge in [-0.05, 0) is 25.8 Å². The molecule has 1 aliphatic rings. The molecule has 4 nitrogen and oxygen atoms in total. The first-order valence-electron chi connectivity index (χ1n) is 8.59. The van der Waals surface area contributed by atoms with Gasteiger partial charge in [-0.15, -0.1) is 0 Å². The van der Waals surface area contributed by atoms with Crippen LogP contribution in [0.2, 0.25) is 0 Å². The van der Waals surface area contributed by atoms with Crippen molar-refractivity contribution in [2.75, 3.05) is 0 Å². The van der Waals surface area contributed by atoms with Gasteiger partial charge in [0.2, 0.25) is 0 Å². The van der Waals surface area contributed by atoms with Crippen molar-refractivity contribution in [3.05, 3.63) is 35.5 Å². The maximum absolute atomic E-state index is 12.6. The van der Waals surface area contributed by atoms with Crippen molar-refractivity contribution in [2.24, 2.45) is 0 Å². The van der Waals surface area contributed by atoms with Gasteiger partial charge in [0.25, 0.3) is 11.7 Å². The van der Waals surface area contributed by atoms with Crippen LogP contribution in [0.1, 0.15) is 61.0 Å². The van der Waals surface area contributed by atoms with Crippen LogP contribution in [0, 0.1) is 6.92 Å². The first-order valence-corrected chi connectivity index (χ1v) is 8.59. The molecule has 1 amide bonds. The van der Waals surface area contributed by atoms with E-state index >= 15 is 0 Å². The number of para-hydroxylation sites is 1. The van der Waals surface area contributed by atoms with Gasteiger partial charge in [0.05, 0.1) is 5.56 Å². The molecular weight excluding hydrogens is 288 g/mol. The molecule has 2 N–H and O–H groups in total. The van der Waals surface area contributed by atoms with Crippen LogP contribution >= 0.6 is 0 Å². The van der Waals surface area contributed by atoms with Crippen LogP contribution < -0.4 is 5.32 Å². The number of ketones is 1. The highest BCUT2D eigenvalue weighted by Gasteiger charge is 2.24. The molecule has 0 saturated heterocycles. The van der Waals surface area contributed by atoms with E-state index in [0.29, 0.717) is 5.56 Å². The first kappa shape index (κ1) is 15.8. The average molecular weight is 312 g/mol. The minimum atomic E-state index is -0.469. The van der Waals surface area contributed by atoms with Crippen molar-refractivity contribution in [1.29, 1.82) is 0 Å². The fraction of sp³-hybridized carbons (Fsp3) is 0.474. The molecule has 1 aromatic heterocycles. The second-order valence-electron chi connectivity index (χ2n) is 6.52. The second-order valence-corrected chi connectivity index (χ2v) is 6.52. The number of aryl methyl sites for hydroxylation is 1. The Balaban J connectivity index is 1.76. The van der Waals surface area contributed by atoms with Gasteiger partial charge in [0, 0.05) is 22.6 Å². The second kappa shape index (κ2) is 6.99. The molecule has 23 heavy (non-hydrogen) atoms. The molecule has 3 rings (SSSR count). The number of carbonyl (C=O) groups excluding carboxylic acids is 2. The molecule has 2 aromatic rings. The number of aromatic nitrogens is 1. The highest BCUT2D eigenvalue weighted by molar-refractivity contribution is 6.45. The van der Waals surface area contributed by atoms with Crippen molar-refractivity contribution >= 4 is 22.6 Å². The standard InChI is InChI=1S/C19H24N2O2/c1-13-17(15-11-7-8-12-16(15)20-13)18(22)19(23)21-14-9-5-3-2-4-6-10-14/h7-8,11-12,14,20H,2-6,9-10H2,1H3,(H,21,23). The maximum atomic E-state index is 12.6. The zero-order chi connectivity index (χ0) is 16.2. The first-order chi connectivity index (χ1) is 11.2. The minimum Gasteiger partial charge on any atom is -0.358 e. The predicted molar refractivity (Wildman–Crippen MR) is 91.6 cm³/mol. The summed E-state index contributed by atoms with van der Waals surface area (Å²) in [5.41, 5.74) is 2.15. The molecule has 0 bridgehead atoms. The van der Waals surface area contributed by atoms with Gasteiger partial charge in [-0.2, -0.15) is 0 Å². The Hall–Kier alpha value is -2.10. The van der Waals surface area contributed by atoms with Crippen molar-refractivity contribution in [3.8, 4) is 0 Å². The molecule has 1 fully saturated rings. The lowest BCUT2D eigenvalue weighted by Crippen LogP contribution is -2.39. The largest absolute Gasteiger partial charge is 0.358 e. The Bertz CT molecular complexity index is 709. The molecule has 0 aliphatic heterocycles. The van der Waals surface area contributed by atoms with Crippen molar-refractivity contribution in [2.45, 2.75) is 57.9 Å². The number of benzene rings is 1. The van der Waals surface area contributed by atoms with E-state index in [-0.39, 0.29) is 6.04 Å². The average Bonchev–Trinajstić information content (AvgIpc) is 2.84. The summed E-state index contributed by atoms with van der Waals surface area (Å²) in [5.74, 6) is -0.898. The number of aromatic amines is 1. The number of hydrogen-bond acceptors (Lipinski definition) is 2. The fourth-order valence-corrected chi connectivity index (χ4v) is 3.53. The molecule has 4 heteroatoms. The Kier molecular flexibility index (Phi) is 4.79. The summed E-state index contributed by atoms with van der Waals surface area (Å²) in [6.07, 6.45) is 7.95. The number of nitrogens with one attached hydrogen (secondary N) is 2. The monoisotopic (exact) mass is 312 g/mol. The van der Waals surface area contributed by atoms with Crippen molar-refractivity contribution < 1.29 is 9.59 Å². The SMILES string of the molecule is Cc1[nH]c2ccccc2c1C(=O)C(=O)NC1CCCCCCC1. The van der Waals surface area contributed by atoms with Gasteiger partial charge < -0.3 is 10.3 Å². The van der Waals surface area contributed by atoms with Crippen molar-refractivity contribution in [3.63, 3.8) is 0 Å². The van der Waals surface area contributed by atoms with Crippen molar-refractivity contribution in [1.82, 2.24) is 10.3 Å². The summed E-state index contributed by atoms with van der Waals surface area (Å²) >= 11 is 0. The molecule has 0 unspecified atom stereocenters. The molecule has 0 spiro atoms. The number of rotatable bonds is 3. The lowest BCUT2D eigenvalue weighted by molar-refractivity contribution is -0.117. The maximum Gasteiger partial charge on any atom is 0.292 e. The van der Waals surface area contributed by atoms with Crippen LogP contribution in [0.3, 0.4) is 0 Å². The lowest BCUT2D eigenvalue weighted by atomic mass is 9.96. The summed E-state index contributed by atoms with van der Waals surface area (Å²) in [4.78, 5) is 28.2. The smallest absolute Gasteiger partial charge is 0.292 e. The van der Waals surface area contributed by atoms with Gasteiger partial charge in [-0.1, -0.05) is 50.3 Å².